The first kappa shape index (κ1) is 13.4. The van der Waals surface area contributed by atoms with Gasteiger partial charge in [0.2, 0.25) is 0 Å². The minimum Gasteiger partial charge on any atom is -0.382 e. The van der Waals surface area contributed by atoms with Crippen LogP contribution in [0.3, 0.4) is 0 Å². The van der Waals surface area contributed by atoms with Crippen LogP contribution in [-0.2, 0) is 6.54 Å². The van der Waals surface area contributed by atoms with Gasteiger partial charge in [0.1, 0.15) is 0 Å². The standard InChI is InChI=1S/C16H21N3/c1-3-4-8-14(2)18-16-10-6-5-9-15(16)13-19-12-7-11-17-19/h3,5-7,9-12,14,18H,1,4,8,13H2,2H3. The van der Waals surface area contributed by atoms with Gasteiger partial charge >= 0.3 is 0 Å². The van der Waals surface area contributed by atoms with Crippen molar-refractivity contribution >= 4 is 5.69 Å². The largest absolute Gasteiger partial charge is 0.382 e. The second kappa shape index (κ2) is 6.78. The number of nitrogens with one attached hydrogen (secondary N) is 1. The summed E-state index contributed by atoms with van der Waals surface area (Å²) < 4.78 is 1.94. The van der Waals surface area contributed by atoms with Crippen molar-refractivity contribution in [3.8, 4) is 0 Å². The molecule has 19 heavy (non-hydrogen) atoms. The second-order valence-corrected chi connectivity index (χ2v) is 4.77. The summed E-state index contributed by atoms with van der Waals surface area (Å²) >= 11 is 0. The van der Waals surface area contributed by atoms with E-state index in [1.807, 2.05) is 29.2 Å². The van der Waals surface area contributed by atoms with Crippen LogP contribution in [0.2, 0.25) is 0 Å². The lowest BCUT2D eigenvalue weighted by atomic mass is 10.1. The lowest BCUT2D eigenvalue weighted by Gasteiger charge is -2.17. The molecule has 1 atom stereocenters. The number of hydrogen-bond acceptors (Lipinski definition) is 2. The summed E-state index contributed by atoms with van der Waals surface area (Å²) in [7, 11) is 0. The molecule has 2 rings (SSSR count). The van der Waals surface area contributed by atoms with Gasteiger partial charge in [-0.1, -0.05) is 24.3 Å². The van der Waals surface area contributed by atoms with Gasteiger partial charge in [-0.2, -0.15) is 5.10 Å². The Kier molecular flexibility index (Phi) is 4.78. The van der Waals surface area contributed by atoms with Crippen LogP contribution in [-0.4, -0.2) is 15.8 Å². The Bertz CT molecular complexity index is 502. The van der Waals surface area contributed by atoms with Crippen LogP contribution in [0.5, 0.6) is 0 Å². The maximum atomic E-state index is 4.26. The van der Waals surface area contributed by atoms with Crippen LogP contribution in [0, 0.1) is 0 Å². The van der Waals surface area contributed by atoms with Crippen LogP contribution in [0.15, 0.2) is 55.4 Å². The third-order valence-electron chi connectivity index (χ3n) is 3.11. The van der Waals surface area contributed by atoms with E-state index in [0.29, 0.717) is 6.04 Å². The number of anilines is 1. The van der Waals surface area contributed by atoms with Gasteiger partial charge in [0.15, 0.2) is 0 Å². The van der Waals surface area contributed by atoms with Gasteiger partial charge in [-0.3, -0.25) is 4.68 Å². The molecule has 1 aromatic carbocycles. The van der Waals surface area contributed by atoms with Crippen LogP contribution in [0.4, 0.5) is 5.69 Å². The Morgan fingerprint density at radius 3 is 2.95 bits per heavy atom. The highest BCUT2D eigenvalue weighted by molar-refractivity contribution is 5.51. The molecule has 0 saturated carbocycles. The molecule has 0 amide bonds. The van der Waals surface area contributed by atoms with E-state index in [1.54, 1.807) is 0 Å². The Morgan fingerprint density at radius 1 is 1.37 bits per heavy atom. The highest BCUT2D eigenvalue weighted by Crippen LogP contribution is 2.18. The third-order valence-corrected chi connectivity index (χ3v) is 3.11. The molecule has 2 aromatic rings. The molecule has 0 saturated heterocycles. The average Bonchev–Trinajstić information content (AvgIpc) is 2.91. The van der Waals surface area contributed by atoms with Crippen molar-refractivity contribution in [3.63, 3.8) is 0 Å². The van der Waals surface area contributed by atoms with Gasteiger partial charge in [0, 0.05) is 24.1 Å². The van der Waals surface area contributed by atoms with E-state index in [9.17, 15) is 0 Å². The molecule has 3 heteroatoms. The van der Waals surface area contributed by atoms with Crippen molar-refractivity contribution in [1.82, 2.24) is 9.78 Å². The number of benzene rings is 1. The summed E-state index contributed by atoms with van der Waals surface area (Å²) in [4.78, 5) is 0. The zero-order valence-electron chi connectivity index (χ0n) is 11.4. The zero-order chi connectivity index (χ0) is 13.5. The molecule has 0 aliphatic heterocycles. The summed E-state index contributed by atoms with van der Waals surface area (Å²) in [6.07, 6.45) is 7.89. The van der Waals surface area contributed by atoms with Crippen molar-refractivity contribution in [2.24, 2.45) is 0 Å². The Morgan fingerprint density at radius 2 is 2.21 bits per heavy atom. The molecular formula is C16H21N3. The molecule has 1 unspecified atom stereocenters. The number of rotatable bonds is 7. The number of aromatic nitrogens is 2. The van der Waals surface area contributed by atoms with Crippen molar-refractivity contribution in [1.29, 1.82) is 0 Å². The Hall–Kier alpha value is -2.03. The molecule has 1 aromatic heterocycles. The molecule has 0 fully saturated rings. The summed E-state index contributed by atoms with van der Waals surface area (Å²) in [5.74, 6) is 0. The van der Waals surface area contributed by atoms with Gasteiger partial charge in [-0.05, 0) is 37.5 Å². The van der Waals surface area contributed by atoms with Gasteiger partial charge < -0.3 is 5.32 Å². The molecule has 1 heterocycles. The van der Waals surface area contributed by atoms with E-state index >= 15 is 0 Å². The summed E-state index contributed by atoms with van der Waals surface area (Å²) in [5, 5.41) is 7.83. The highest BCUT2D eigenvalue weighted by Gasteiger charge is 2.06. The first-order valence-electron chi connectivity index (χ1n) is 6.72. The minimum absolute atomic E-state index is 0.441. The summed E-state index contributed by atoms with van der Waals surface area (Å²) in [6.45, 7) is 6.77. The molecular weight excluding hydrogens is 234 g/mol. The zero-order valence-corrected chi connectivity index (χ0v) is 11.4. The van der Waals surface area contributed by atoms with E-state index in [4.69, 9.17) is 0 Å². The van der Waals surface area contributed by atoms with Crippen LogP contribution >= 0.6 is 0 Å². The maximum absolute atomic E-state index is 4.26. The monoisotopic (exact) mass is 255 g/mol. The third kappa shape index (κ3) is 3.98. The maximum Gasteiger partial charge on any atom is 0.0679 e. The fraction of sp³-hybridized carbons (Fsp3) is 0.312. The quantitative estimate of drug-likeness (QED) is 0.765. The molecule has 3 nitrogen and oxygen atoms in total. The van der Waals surface area contributed by atoms with E-state index in [1.165, 1.54) is 11.3 Å². The van der Waals surface area contributed by atoms with E-state index < -0.39 is 0 Å². The van der Waals surface area contributed by atoms with Crippen molar-refractivity contribution in [2.75, 3.05) is 5.32 Å². The smallest absolute Gasteiger partial charge is 0.0679 e. The second-order valence-electron chi connectivity index (χ2n) is 4.77. The minimum atomic E-state index is 0.441. The van der Waals surface area contributed by atoms with E-state index in [0.717, 1.165) is 19.4 Å². The lowest BCUT2D eigenvalue weighted by molar-refractivity contribution is 0.681. The van der Waals surface area contributed by atoms with E-state index in [-0.39, 0.29) is 0 Å². The van der Waals surface area contributed by atoms with Gasteiger partial charge in [-0.25, -0.2) is 0 Å². The first-order chi connectivity index (χ1) is 9.29. The molecule has 100 valence electrons. The predicted octanol–water partition coefficient (Wildman–Crippen LogP) is 3.70. The van der Waals surface area contributed by atoms with Gasteiger partial charge in [-0.15, -0.1) is 6.58 Å². The van der Waals surface area contributed by atoms with Crippen molar-refractivity contribution in [2.45, 2.75) is 32.4 Å². The van der Waals surface area contributed by atoms with Crippen LogP contribution in [0.25, 0.3) is 0 Å². The first-order valence-corrected chi connectivity index (χ1v) is 6.72. The van der Waals surface area contributed by atoms with Crippen LogP contribution < -0.4 is 5.32 Å². The van der Waals surface area contributed by atoms with Crippen molar-refractivity contribution in [3.05, 3.63) is 60.9 Å². The number of hydrogen-bond donors (Lipinski definition) is 1. The molecule has 1 N–H and O–H groups in total. The molecule has 0 aliphatic carbocycles. The Balaban J connectivity index is 2.05. The van der Waals surface area contributed by atoms with Crippen molar-refractivity contribution < 1.29 is 0 Å². The topological polar surface area (TPSA) is 29.9 Å². The van der Waals surface area contributed by atoms with E-state index in [2.05, 4.69) is 48.2 Å². The average molecular weight is 255 g/mol. The fourth-order valence-corrected chi connectivity index (χ4v) is 2.07. The number of allylic oxidation sites excluding steroid dienone is 1. The van der Waals surface area contributed by atoms with Gasteiger partial charge in [0.05, 0.1) is 6.54 Å². The molecule has 0 bridgehead atoms. The molecule has 0 radical (unpaired) electrons. The van der Waals surface area contributed by atoms with Crippen LogP contribution in [0.1, 0.15) is 25.3 Å². The predicted molar refractivity (Wildman–Crippen MR) is 80.3 cm³/mol. The Labute approximate surface area is 115 Å². The fourth-order valence-electron chi connectivity index (χ4n) is 2.07. The molecule has 0 aliphatic rings. The number of para-hydroxylation sites is 1. The summed E-state index contributed by atoms with van der Waals surface area (Å²) in [6, 6.07) is 10.8. The van der Waals surface area contributed by atoms with Gasteiger partial charge in [0.25, 0.3) is 0 Å². The SMILES string of the molecule is C=CCCC(C)Nc1ccccc1Cn1cccn1. The molecule has 0 spiro atoms. The normalized spacial score (nSPS) is 12.1. The lowest BCUT2D eigenvalue weighted by Crippen LogP contribution is -2.16. The number of nitrogens with zero attached hydrogens (tertiary/aromatic N) is 2. The highest BCUT2D eigenvalue weighted by atomic mass is 15.3. The summed E-state index contributed by atoms with van der Waals surface area (Å²) in [5.41, 5.74) is 2.45.